The number of aliphatic hydroxyl groups is 2. The van der Waals surface area contributed by atoms with Gasteiger partial charge in [-0.25, -0.2) is 4.57 Å². The smallest absolute Gasteiger partial charge is 0.389 e. The summed E-state index contributed by atoms with van der Waals surface area (Å²) < 4.78 is 23.5. The molecule has 0 aromatic heterocycles. The monoisotopic (exact) mass is 780 g/mol. The molecule has 1 aliphatic carbocycles. The highest BCUT2D eigenvalue weighted by molar-refractivity contribution is 7.47. The molecule has 0 radical (unpaired) electrons. The zero-order chi connectivity index (χ0) is 40.1. The number of rotatable bonds is 33. The zero-order valence-electron chi connectivity index (χ0n) is 34.3. The summed E-state index contributed by atoms with van der Waals surface area (Å²) in [6.45, 7) is 4.45. The summed E-state index contributed by atoms with van der Waals surface area (Å²) in [4.78, 5) is 35.6. The molecule has 11 heteroatoms. The second kappa shape index (κ2) is 30.0. The fourth-order valence-electron chi connectivity index (χ4n) is 5.97. The van der Waals surface area contributed by atoms with Gasteiger partial charge >= 0.3 is 7.82 Å². The van der Waals surface area contributed by atoms with Crippen LogP contribution < -0.4 is 5.32 Å². The van der Waals surface area contributed by atoms with E-state index in [0.29, 0.717) is 36.7 Å². The number of likely N-dealkylation sites (N-methyl/N-ethyl adjacent to an activating group) is 1. The number of nitrogens with zero attached hydrogens (tertiary/aromatic N) is 1. The van der Waals surface area contributed by atoms with Gasteiger partial charge in [0, 0.05) is 12.3 Å². The summed E-state index contributed by atoms with van der Waals surface area (Å²) in [6, 6.07) is -0.931. The second-order valence-electron chi connectivity index (χ2n) is 15.7. The third kappa shape index (κ3) is 26.6. The maximum absolute atomic E-state index is 12.9. The number of allylic oxidation sites excluding steroid dienone is 8. The number of hydrogen-bond donors (Lipinski definition) is 4. The molecular weight excluding hydrogens is 703 g/mol. The molecule has 0 spiro atoms. The molecule has 6 atom stereocenters. The van der Waals surface area contributed by atoms with Crippen LogP contribution in [0.4, 0.5) is 0 Å². The van der Waals surface area contributed by atoms with Gasteiger partial charge in [0.25, 0.3) is 0 Å². The number of phosphoric ester groups is 1. The van der Waals surface area contributed by atoms with Crippen LogP contribution in [-0.4, -0.2) is 90.4 Å². The van der Waals surface area contributed by atoms with Crippen molar-refractivity contribution in [2.75, 3.05) is 40.9 Å². The Balaban J connectivity index is 2.58. The molecule has 10 nitrogen and oxygen atoms in total. The first-order valence-electron chi connectivity index (χ1n) is 20.7. The van der Waals surface area contributed by atoms with E-state index in [2.05, 4.69) is 31.3 Å². The quantitative estimate of drug-likeness (QED) is 0.0224. The highest BCUT2D eigenvalue weighted by atomic mass is 31.2. The summed E-state index contributed by atoms with van der Waals surface area (Å²) in [5.74, 6) is -0.469. The Labute approximate surface area is 328 Å². The molecule has 0 aromatic carbocycles. The van der Waals surface area contributed by atoms with E-state index in [1.165, 1.54) is 32.1 Å². The molecule has 0 aromatic rings. The first-order chi connectivity index (χ1) is 25.8. The number of carbonyl (C=O) groups excluding carboxylic acids is 2. The van der Waals surface area contributed by atoms with Crippen molar-refractivity contribution in [1.29, 1.82) is 0 Å². The van der Waals surface area contributed by atoms with E-state index in [1.807, 2.05) is 51.5 Å². The van der Waals surface area contributed by atoms with Crippen molar-refractivity contribution < 1.29 is 42.8 Å². The van der Waals surface area contributed by atoms with Crippen LogP contribution in [0.5, 0.6) is 0 Å². The molecule has 1 rings (SSSR count). The first-order valence-corrected chi connectivity index (χ1v) is 22.2. The van der Waals surface area contributed by atoms with Crippen molar-refractivity contribution in [3.05, 3.63) is 60.8 Å². The average molecular weight is 780 g/mol. The molecule has 0 bridgehead atoms. The summed E-state index contributed by atoms with van der Waals surface area (Å²) >= 11 is 0. The van der Waals surface area contributed by atoms with Crippen molar-refractivity contribution in [2.45, 2.75) is 148 Å². The number of hydrogen-bond acceptors (Lipinski definition) is 7. The van der Waals surface area contributed by atoms with Crippen molar-refractivity contribution in [2.24, 2.45) is 11.8 Å². The summed E-state index contributed by atoms with van der Waals surface area (Å²) in [6.07, 6.45) is 34.8. The van der Waals surface area contributed by atoms with Gasteiger partial charge in [-0.3, -0.25) is 18.6 Å². The Bertz CT molecular complexity index is 1210. The van der Waals surface area contributed by atoms with Crippen molar-refractivity contribution in [3.8, 4) is 0 Å². The topological polar surface area (TPSA) is 142 Å². The molecule has 0 fully saturated rings. The van der Waals surface area contributed by atoms with Crippen LogP contribution >= 0.6 is 7.82 Å². The molecule has 310 valence electrons. The molecule has 54 heavy (non-hydrogen) atoms. The van der Waals surface area contributed by atoms with Gasteiger partial charge < -0.3 is 24.9 Å². The minimum absolute atomic E-state index is 0.0211. The lowest BCUT2D eigenvalue weighted by atomic mass is 9.90. The number of carbonyl (C=O) groups is 2. The minimum atomic E-state index is -4.39. The lowest BCUT2D eigenvalue weighted by Gasteiger charge is -2.25. The maximum atomic E-state index is 12.9. The van der Waals surface area contributed by atoms with Crippen LogP contribution in [0.1, 0.15) is 129 Å². The Morgan fingerprint density at radius 1 is 0.852 bits per heavy atom. The minimum Gasteiger partial charge on any atom is -0.389 e. The third-order valence-corrected chi connectivity index (χ3v) is 10.4. The van der Waals surface area contributed by atoms with E-state index in [0.717, 1.165) is 51.4 Å². The maximum Gasteiger partial charge on any atom is 0.472 e. The van der Waals surface area contributed by atoms with Crippen LogP contribution in [0.3, 0.4) is 0 Å². The van der Waals surface area contributed by atoms with Crippen LogP contribution in [0, 0.1) is 11.8 Å². The van der Waals surface area contributed by atoms with Gasteiger partial charge in [-0.05, 0) is 69.8 Å². The van der Waals surface area contributed by atoms with Crippen LogP contribution in [0.2, 0.25) is 0 Å². The summed E-state index contributed by atoms with van der Waals surface area (Å²) in [7, 11) is 1.43. The van der Waals surface area contributed by atoms with Crippen molar-refractivity contribution >= 4 is 19.5 Å². The largest absolute Gasteiger partial charge is 0.472 e. The number of nitrogens with one attached hydrogen (secondary N) is 1. The number of unbranched alkanes of at least 4 members (excludes halogenated alkanes) is 11. The van der Waals surface area contributed by atoms with Crippen molar-refractivity contribution in [3.63, 3.8) is 0 Å². The summed E-state index contributed by atoms with van der Waals surface area (Å²) in [5.41, 5.74) is 0. The third-order valence-electron chi connectivity index (χ3n) is 9.43. The molecule has 4 N–H and O–H groups in total. The van der Waals surface area contributed by atoms with Crippen LogP contribution in [0.25, 0.3) is 0 Å². The van der Waals surface area contributed by atoms with Gasteiger partial charge in [0.15, 0.2) is 5.78 Å². The Morgan fingerprint density at radius 2 is 1.50 bits per heavy atom. The summed E-state index contributed by atoms with van der Waals surface area (Å²) in [5, 5.41) is 24.0. The zero-order valence-corrected chi connectivity index (χ0v) is 35.2. The molecule has 1 amide bonds. The number of amides is 1. The van der Waals surface area contributed by atoms with E-state index < -0.39 is 26.1 Å². The molecular formula is C43H76N2O8P+. The van der Waals surface area contributed by atoms with Crippen LogP contribution in [0.15, 0.2) is 60.8 Å². The fraction of sp³-hybridized carbons (Fsp3) is 0.721. The Morgan fingerprint density at radius 3 is 2.19 bits per heavy atom. The Kier molecular flexibility index (Phi) is 27.7. The van der Waals surface area contributed by atoms with Crippen molar-refractivity contribution in [1.82, 2.24) is 5.32 Å². The average Bonchev–Trinajstić information content (AvgIpc) is 3.46. The van der Waals surface area contributed by atoms with Gasteiger partial charge in [0.2, 0.25) is 5.91 Å². The molecule has 0 saturated heterocycles. The fourth-order valence-corrected chi connectivity index (χ4v) is 6.71. The van der Waals surface area contributed by atoms with Gasteiger partial charge in [-0.2, -0.15) is 0 Å². The van der Waals surface area contributed by atoms with E-state index in [9.17, 15) is 29.3 Å². The van der Waals surface area contributed by atoms with Gasteiger partial charge in [0.1, 0.15) is 13.2 Å². The van der Waals surface area contributed by atoms with E-state index in [-0.39, 0.29) is 43.2 Å². The first kappa shape index (κ1) is 49.8. The lowest BCUT2D eigenvalue weighted by molar-refractivity contribution is -0.870. The normalized spacial score (nSPS) is 19.4. The molecule has 0 heterocycles. The van der Waals surface area contributed by atoms with Gasteiger partial charge in [-0.15, -0.1) is 0 Å². The second-order valence-corrected chi connectivity index (χ2v) is 17.1. The SMILES string of the molecule is CCC/C=C\CCCCCCCC/C=C/[C@@H](O)[C@H](COP(=O)(O)OCC[N+](C)(C)C)NC(=O)CCC/C=C\C[C@H]1C=CC(=O)[C@@H]1/C=C/[C@@H](O)CCCCC. The molecule has 1 unspecified atom stereocenters. The lowest BCUT2D eigenvalue weighted by Crippen LogP contribution is -2.45. The van der Waals surface area contributed by atoms with E-state index in [1.54, 1.807) is 18.2 Å². The Hall–Kier alpha value is -2.17. The number of aliphatic hydroxyl groups excluding tert-OH is 2. The van der Waals surface area contributed by atoms with Crippen LogP contribution in [-0.2, 0) is 23.2 Å². The molecule has 0 aliphatic heterocycles. The molecule has 1 aliphatic rings. The van der Waals surface area contributed by atoms with Gasteiger partial charge in [-0.1, -0.05) is 120 Å². The standard InChI is InChI=1S/C43H75N2O8P/c1-6-8-10-11-12-13-14-15-16-17-18-19-24-28-42(48)40(36-53-54(50,51)52-35-34-45(3,4)5)44-43(49)29-25-21-20-23-26-37-30-33-41(47)39(37)32-31-38(46)27-22-9-7-2/h10-11,20,23-24,28,30-33,37-40,42,46,48H,6-9,12-19,21-22,25-27,29,34-36H2,1-5H3,(H-,44,49,50,51)/p+1/b11-10-,23-20-,28-24+,32-31+/t37-,38-,39+,40-,42+/m0/s1. The highest BCUT2D eigenvalue weighted by Crippen LogP contribution is 2.43. The van der Waals surface area contributed by atoms with E-state index in [4.69, 9.17) is 9.05 Å². The highest BCUT2D eigenvalue weighted by Gasteiger charge is 2.28. The number of quaternary nitrogens is 1. The van der Waals surface area contributed by atoms with Gasteiger partial charge in [0.05, 0.1) is 46.0 Å². The predicted octanol–water partition coefficient (Wildman–Crippen LogP) is 8.69. The van der Waals surface area contributed by atoms with E-state index >= 15 is 0 Å². The number of phosphoric acid groups is 1. The predicted molar refractivity (Wildman–Crippen MR) is 221 cm³/mol. The number of ketones is 1. The molecule has 0 saturated carbocycles.